The maximum Gasteiger partial charge on any atom is 0.335 e. The van der Waals surface area contributed by atoms with E-state index in [-0.39, 0.29) is 23.2 Å². The van der Waals surface area contributed by atoms with Crippen molar-refractivity contribution < 1.29 is 24.3 Å². The van der Waals surface area contributed by atoms with E-state index in [1.807, 2.05) is 0 Å². The van der Waals surface area contributed by atoms with Crippen molar-refractivity contribution in [2.24, 2.45) is 7.05 Å². The minimum absolute atomic E-state index is 0.158. The van der Waals surface area contributed by atoms with Gasteiger partial charge in [-0.3, -0.25) is 19.1 Å². The van der Waals surface area contributed by atoms with Crippen molar-refractivity contribution in [3.05, 3.63) is 113 Å². The summed E-state index contributed by atoms with van der Waals surface area (Å²) in [7, 11) is 1.68. The van der Waals surface area contributed by atoms with Gasteiger partial charge in [0, 0.05) is 47.0 Å². The van der Waals surface area contributed by atoms with Gasteiger partial charge in [-0.05, 0) is 55.5 Å². The Morgan fingerprint density at radius 2 is 1.64 bits per heavy atom. The standard InChI is InChI=1S/C29H23N5O5/c1-16-12-25(34(2)33-16)28(37)31-21-5-3-4-18(13-21)26(35)19-8-11-22-23(27(36)32-24(22)14-19)15-30-20-9-6-17(7-10-20)29(38)39/h3-15,30H,1-2H3,(H,31,37)(H,32,36)(H,38,39)/b23-15-. The van der Waals surface area contributed by atoms with Gasteiger partial charge in [-0.15, -0.1) is 0 Å². The molecule has 4 N–H and O–H groups in total. The van der Waals surface area contributed by atoms with Crippen LogP contribution in [0.3, 0.4) is 0 Å². The molecule has 0 bridgehead atoms. The van der Waals surface area contributed by atoms with Crippen molar-refractivity contribution in [3.63, 3.8) is 0 Å². The van der Waals surface area contributed by atoms with Crippen molar-refractivity contribution in [1.82, 2.24) is 9.78 Å². The van der Waals surface area contributed by atoms with E-state index in [0.717, 1.165) is 5.69 Å². The highest BCUT2D eigenvalue weighted by molar-refractivity contribution is 6.32. The number of hydrogen-bond donors (Lipinski definition) is 4. The number of amides is 2. The Morgan fingerprint density at radius 3 is 2.33 bits per heavy atom. The molecule has 1 aliphatic rings. The molecule has 1 aromatic heterocycles. The Hall–Kier alpha value is -5.51. The number of aromatic carboxylic acids is 1. The first kappa shape index (κ1) is 25.2. The molecular formula is C29H23N5O5. The first-order valence-electron chi connectivity index (χ1n) is 11.9. The van der Waals surface area contributed by atoms with E-state index >= 15 is 0 Å². The van der Waals surface area contributed by atoms with E-state index in [2.05, 4.69) is 21.0 Å². The maximum absolute atomic E-state index is 13.3. The largest absolute Gasteiger partial charge is 0.478 e. The summed E-state index contributed by atoms with van der Waals surface area (Å²) >= 11 is 0. The molecule has 0 saturated heterocycles. The fourth-order valence-electron chi connectivity index (χ4n) is 4.27. The van der Waals surface area contributed by atoms with Crippen LogP contribution in [0.5, 0.6) is 0 Å². The van der Waals surface area contributed by atoms with Crippen LogP contribution < -0.4 is 16.0 Å². The van der Waals surface area contributed by atoms with Gasteiger partial charge in [0.25, 0.3) is 11.8 Å². The van der Waals surface area contributed by atoms with Crippen LogP contribution in [0, 0.1) is 6.92 Å². The lowest BCUT2D eigenvalue weighted by Gasteiger charge is -2.08. The Balaban J connectivity index is 1.33. The molecule has 0 unspecified atom stereocenters. The highest BCUT2D eigenvalue weighted by Gasteiger charge is 2.25. The number of fused-ring (bicyclic) bond motifs is 1. The normalized spacial score (nSPS) is 13.1. The Labute approximate surface area is 223 Å². The van der Waals surface area contributed by atoms with E-state index in [9.17, 15) is 19.2 Å². The summed E-state index contributed by atoms with van der Waals surface area (Å²) in [6.45, 7) is 1.80. The van der Waals surface area contributed by atoms with Crippen LogP contribution in [-0.4, -0.2) is 38.5 Å². The number of hydrogen-bond acceptors (Lipinski definition) is 6. The molecule has 0 radical (unpaired) electrons. The van der Waals surface area contributed by atoms with Crippen LogP contribution in [0.25, 0.3) is 5.57 Å². The highest BCUT2D eigenvalue weighted by Crippen LogP contribution is 2.33. The first-order valence-corrected chi connectivity index (χ1v) is 11.9. The Bertz CT molecular complexity index is 1680. The number of carboxylic acids is 1. The number of anilines is 3. The summed E-state index contributed by atoms with van der Waals surface area (Å²) in [6, 6.07) is 19.4. The van der Waals surface area contributed by atoms with E-state index in [0.29, 0.717) is 45.0 Å². The summed E-state index contributed by atoms with van der Waals surface area (Å²) in [5, 5.41) is 21.8. The second-order valence-corrected chi connectivity index (χ2v) is 8.96. The zero-order chi connectivity index (χ0) is 27.7. The lowest BCUT2D eigenvalue weighted by molar-refractivity contribution is -0.110. The number of aromatic nitrogens is 2. The summed E-state index contributed by atoms with van der Waals surface area (Å²) in [5.74, 6) is -1.97. The molecule has 5 rings (SSSR count). The minimum atomic E-state index is -1.02. The third kappa shape index (κ3) is 5.16. The molecule has 0 spiro atoms. The average molecular weight is 522 g/mol. The van der Waals surface area contributed by atoms with Crippen molar-refractivity contribution in [2.75, 3.05) is 16.0 Å². The number of aryl methyl sites for hydroxylation is 2. The number of carbonyl (C=O) groups is 4. The molecule has 10 heteroatoms. The summed E-state index contributed by atoms with van der Waals surface area (Å²) < 4.78 is 1.49. The quantitative estimate of drug-likeness (QED) is 0.210. The van der Waals surface area contributed by atoms with Gasteiger partial charge in [0.2, 0.25) is 0 Å². The number of ketones is 1. The Kier molecular flexibility index (Phi) is 6.51. The van der Waals surface area contributed by atoms with E-state index < -0.39 is 5.97 Å². The minimum Gasteiger partial charge on any atom is -0.478 e. The van der Waals surface area contributed by atoms with Crippen LogP contribution in [0.15, 0.2) is 79.0 Å². The predicted molar refractivity (Wildman–Crippen MR) is 146 cm³/mol. The first-order chi connectivity index (χ1) is 18.7. The Morgan fingerprint density at radius 1 is 0.923 bits per heavy atom. The van der Waals surface area contributed by atoms with Crippen molar-refractivity contribution in [2.45, 2.75) is 6.92 Å². The zero-order valence-corrected chi connectivity index (χ0v) is 21.0. The van der Waals surface area contributed by atoms with Gasteiger partial charge in [-0.25, -0.2) is 4.79 Å². The number of rotatable bonds is 7. The topological polar surface area (TPSA) is 142 Å². The summed E-state index contributed by atoms with van der Waals surface area (Å²) in [4.78, 5) is 49.5. The molecule has 2 heterocycles. The molecule has 194 valence electrons. The number of nitrogens with zero attached hydrogens (tertiary/aromatic N) is 2. The molecule has 4 aromatic rings. The molecule has 0 atom stereocenters. The summed E-state index contributed by atoms with van der Waals surface area (Å²) in [5.41, 5.74) is 4.60. The van der Waals surface area contributed by atoms with Crippen molar-refractivity contribution in [1.29, 1.82) is 0 Å². The third-order valence-corrected chi connectivity index (χ3v) is 6.20. The van der Waals surface area contributed by atoms with Crippen LogP contribution in [-0.2, 0) is 11.8 Å². The second-order valence-electron chi connectivity index (χ2n) is 8.96. The molecule has 10 nitrogen and oxygen atoms in total. The monoisotopic (exact) mass is 521 g/mol. The van der Waals surface area contributed by atoms with E-state index in [1.165, 1.54) is 23.0 Å². The lowest BCUT2D eigenvalue weighted by Crippen LogP contribution is -2.16. The predicted octanol–water partition coefficient (Wildman–Crippen LogP) is 4.32. The van der Waals surface area contributed by atoms with Gasteiger partial charge in [0.05, 0.1) is 16.8 Å². The van der Waals surface area contributed by atoms with Crippen LogP contribution in [0.1, 0.15) is 48.0 Å². The molecule has 3 aromatic carbocycles. The smallest absolute Gasteiger partial charge is 0.335 e. The fourth-order valence-corrected chi connectivity index (χ4v) is 4.27. The van der Waals surface area contributed by atoms with Crippen LogP contribution >= 0.6 is 0 Å². The van der Waals surface area contributed by atoms with Gasteiger partial charge in [0.1, 0.15) is 5.69 Å². The number of benzene rings is 3. The molecule has 0 fully saturated rings. The molecule has 1 aliphatic heterocycles. The van der Waals surface area contributed by atoms with Gasteiger partial charge in [-0.2, -0.15) is 5.10 Å². The van der Waals surface area contributed by atoms with Gasteiger partial charge in [0.15, 0.2) is 5.78 Å². The van der Waals surface area contributed by atoms with Crippen LogP contribution in [0.2, 0.25) is 0 Å². The van der Waals surface area contributed by atoms with Gasteiger partial charge >= 0.3 is 5.97 Å². The number of nitrogens with one attached hydrogen (secondary N) is 3. The maximum atomic E-state index is 13.3. The zero-order valence-electron chi connectivity index (χ0n) is 21.0. The van der Waals surface area contributed by atoms with Crippen molar-refractivity contribution >= 4 is 46.2 Å². The molecular weight excluding hydrogens is 498 g/mol. The second kappa shape index (κ2) is 10.1. The molecule has 0 saturated carbocycles. The van der Waals surface area contributed by atoms with E-state index in [1.54, 1.807) is 74.6 Å². The van der Waals surface area contributed by atoms with Crippen molar-refractivity contribution in [3.8, 4) is 0 Å². The third-order valence-electron chi connectivity index (χ3n) is 6.20. The SMILES string of the molecule is Cc1cc(C(=O)Nc2cccc(C(=O)c3ccc4c(c3)NC(=O)/C4=C\Nc3ccc(C(=O)O)cc3)c2)n(C)n1. The highest BCUT2D eigenvalue weighted by atomic mass is 16.4. The lowest BCUT2D eigenvalue weighted by atomic mass is 9.99. The van der Waals surface area contributed by atoms with Crippen LogP contribution in [0.4, 0.5) is 17.1 Å². The van der Waals surface area contributed by atoms with E-state index in [4.69, 9.17) is 5.11 Å². The molecule has 0 aliphatic carbocycles. The molecule has 39 heavy (non-hydrogen) atoms. The van der Waals surface area contributed by atoms with Gasteiger partial charge < -0.3 is 21.1 Å². The molecule has 2 amide bonds. The number of carboxylic acid groups (broad SMARTS) is 1. The average Bonchev–Trinajstić information content (AvgIpc) is 3.43. The fraction of sp³-hybridized carbons (Fsp3) is 0.0690. The number of carbonyl (C=O) groups excluding carboxylic acids is 3. The van der Waals surface area contributed by atoms with Gasteiger partial charge in [-0.1, -0.05) is 24.3 Å². The summed E-state index contributed by atoms with van der Waals surface area (Å²) in [6.07, 6.45) is 1.54.